The van der Waals surface area contributed by atoms with Crippen LogP contribution in [0.1, 0.15) is 65.5 Å². The highest BCUT2D eigenvalue weighted by molar-refractivity contribution is 5.87. The predicted molar refractivity (Wildman–Crippen MR) is 162 cm³/mol. The van der Waals surface area contributed by atoms with Crippen LogP contribution in [0.25, 0.3) is 0 Å². The Morgan fingerprint density at radius 2 is 1.33 bits per heavy atom. The van der Waals surface area contributed by atoms with Gasteiger partial charge in [0.25, 0.3) is 0 Å². The number of hydrogen-bond donors (Lipinski definition) is 4. The Kier molecular flexibility index (Phi) is 13.8. The van der Waals surface area contributed by atoms with Crippen LogP contribution in [0.5, 0.6) is 0 Å². The van der Waals surface area contributed by atoms with Gasteiger partial charge in [0.2, 0.25) is 11.8 Å². The number of nitrogens with one attached hydrogen (secondary N) is 4. The first-order chi connectivity index (χ1) is 19.8. The normalized spacial score (nSPS) is 13.3. The van der Waals surface area contributed by atoms with Crippen molar-refractivity contribution in [1.29, 1.82) is 0 Å². The van der Waals surface area contributed by atoms with Crippen LogP contribution in [0.3, 0.4) is 0 Å². The number of ether oxygens (including phenoxy) is 2. The summed E-state index contributed by atoms with van der Waals surface area (Å²) in [5.41, 5.74) is 0.919. The fourth-order valence-electron chi connectivity index (χ4n) is 4.03. The van der Waals surface area contributed by atoms with Crippen molar-refractivity contribution in [3.05, 3.63) is 71.8 Å². The number of hydrogen-bond acceptors (Lipinski definition) is 6. The third-order valence-electron chi connectivity index (χ3n) is 6.20. The molecule has 0 fully saturated rings. The molecule has 4 N–H and O–H groups in total. The number of alkyl carbamates (subject to hydrolysis) is 2. The lowest BCUT2D eigenvalue weighted by Gasteiger charge is -2.30. The zero-order chi connectivity index (χ0) is 31.1. The van der Waals surface area contributed by atoms with E-state index in [1.807, 2.05) is 60.7 Å². The summed E-state index contributed by atoms with van der Waals surface area (Å²) in [5, 5.41) is 11.1. The van der Waals surface area contributed by atoms with E-state index in [2.05, 4.69) is 35.1 Å². The molecule has 4 amide bonds. The maximum atomic E-state index is 13.2. The zero-order valence-electron chi connectivity index (χ0n) is 25.6. The molecular formula is C32H46N4O6. The van der Waals surface area contributed by atoms with E-state index in [0.717, 1.165) is 17.5 Å². The van der Waals surface area contributed by atoms with Crippen LogP contribution in [0.15, 0.2) is 60.7 Å². The first kappa shape index (κ1) is 34.1. The van der Waals surface area contributed by atoms with Crippen LogP contribution in [0, 0.1) is 5.92 Å². The smallest absolute Gasteiger partial charge is 0.407 e. The number of rotatable bonds is 14. The van der Waals surface area contributed by atoms with Crippen LogP contribution in [-0.4, -0.2) is 54.3 Å². The summed E-state index contributed by atoms with van der Waals surface area (Å²) in [6, 6.07) is 16.1. The third kappa shape index (κ3) is 14.0. The van der Waals surface area contributed by atoms with Crippen molar-refractivity contribution in [2.75, 3.05) is 6.54 Å². The lowest BCUT2D eigenvalue weighted by Crippen LogP contribution is -2.56. The van der Waals surface area contributed by atoms with Crippen molar-refractivity contribution >= 4 is 24.0 Å². The Labute approximate surface area is 249 Å². The average Bonchev–Trinajstić information content (AvgIpc) is 2.91. The van der Waals surface area contributed by atoms with E-state index in [0.29, 0.717) is 18.9 Å². The van der Waals surface area contributed by atoms with E-state index in [9.17, 15) is 19.2 Å². The molecule has 0 saturated heterocycles. The van der Waals surface area contributed by atoms with Crippen LogP contribution >= 0.6 is 0 Å². The summed E-state index contributed by atoms with van der Waals surface area (Å²) in [5.74, 6) is -0.342. The lowest BCUT2D eigenvalue weighted by atomic mass is 9.96. The van der Waals surface area contributed by atoms with E-state index in [4.69, 9.17) is 9.47 Å². The molecule has 0 radical (unpaired) electrons. The SMILES string of the molecule is CC(C)CCNC(=O)[C@H](C)NC(=O)C[C@H](NC(=O)OCc1ccccc1)[C@H](Cc1ccccc1)NC(=O)OC(C)(C)C. The third-order valence-corrected chi connectivity index (χ3v) is 6.20. The minimum absolute atomic E-state index is 0.0298. The minimum Gasteiger partial charge on any atom is -0.445 e. The molecule has 0 saturated carbocycles. The predicted octanol–water partition coefficient (Wildman–Crippen LogP) is 4.47. The summed E-state index contributed by atoms with van der Waals surface area (Å²) < 4.78 is 10.9. The highest BCUT2D eigenvalue weighted by atomic mass is 16.6. The van der Waals surface area contributed by atoms with Gasteiger partial charge in [0, 0.05) is 13.0 Å². The Bertz CT molecular complexity index is 1130. The van der Waals surface area contributed by atoms with Crippen LogP contribution in [0.4, 0.5) is 9.59 Å². The molecule has 0 aliphatic rings. The molecule has 0 aromatic heterocycles. The fourth-order valence-corrected chi connectivity index (χ4v) is 4.03. The molecule has 10 nitrogen and oxygen atoms in total. The van der Waals surface area contributed by atoms with Crippen LogP contribution in [0.2, 0.25) is 0 Å². The maximum absolute atomic E-state index is 13.2. The molecule has 2 aromatic rings. The van der Waals surface area contributed by atoms with Gasteiger partial charge in [0.1, 0.15) is 18.2 Å². The Morgan fingerprint density at radius 1 is 0.762 bits per heavy atom. The summed E-state index contributed by atoms with van der Waals surface area (Å²) in [7, 11) is 0. The van der Waals surface area contributed by atoms with E-state index in [1.54, 1.807) is 27.7 Å². The molecular weight excluding hydrogens is 536 g/mol. The molecule has 230 valence electrons. The Balaban J connectivity index is 2.22. The second-order valence-corrected chi connectivity index (χ2v) is 11.7. The second kappa shape index (κ2) is 17.0. The second-order valence-electron chi connectivity index (χ2n) is 11.7. The molecule has 0 bridgehead atoms. The van der Waals surface area contributed by atoms with Crippen LogP contribution < -0.4 is 21.3 Å². The van der Waals surface area contributed by atoms with Gasteiger partial charge >= 0.3 is 12.2 Å². The van der Waals surface area contributed by atoms with Crippen molar-refractivity contribution in [2.24, 2.45) is 5.92 Å². The molecule has 42 heavy (non-hydrogen) atoms. The summed E-state index contributed by atoms with van der Waals surface area (Å²) >= 11 is 0. The number of amides is 4. The number of carbonyl (C=O) groups excluding carboxylic acids is 4. The first-order valence-electron chi connectivity index (χ1n) is 14.4. The summed E-state index contributed by atoms with van der Waals surface area (Å²) in [4.78, 5) is 51.4. The highest BCUT2D eigenvalue weighted by Crippen LogP contribution is 2.13. The van der Waals surface area contributed by atoms with E-state index < -0.39 is 41.8 Å². The zero-order valence-corrected chi connectivity index (χ0v) is 25.6. The van der Waals surface area contributed by atoms with Crippen LogP contribution in [-0.2, 0) is 32.1 Å². The van der Waals surface area contributed by atoms with Gasteiger partial charge < -0.3 is 30.7 Å². The fraction of sp³-hybridized carbons (Fsp3) is 0.500. The van der Waals surface area contributed by atoms with Gasteiger partial charge in [-0.2, -0.15) is 0 Å². The molecule has 2 rings (SSSR count). The molecule has 0 aliphatic heterocycles. The summed E-state index contributed by atoms with van der Waals surface area (Å²) in [6.07, 6.45) is -0.549. The summed E-state index contributed by atoms with van der Waals surface area (Å²) in [6.45, 7) is 11.5. The monoisotopic (exact) mass is 582 g/mol. The highest BCUT2D eigenvalue weighted by Gasteiger charge is 2.31. The molecule has 2 aromatic carbocycles. The quantitative estimate of drug-likeness (QED) is 0.260. The van der Waals surface area contributed by atoms with Crippen molar-refractivity contribution in [3.8, 4) is 0 Å². The van der Waals surface area contributed by atoms with E-state index >= 15 is 0 Å². The van der Waals surface area contributed by atoms with Crippen molar-refractivity contribution < 1.29 is 28.7 Å². The van der Waals surface area contributed by atoms with Gasteiger partial charge in [-0.25, -0.2) is 9.59 Å². The molecule has 0 unspecified atom stereocenters. The average molecular weight is 583 g/mol. The molecule has 3 atom stereocenters. The van der Waals surface area contributed by atoms with Gasteiger partial charge in [0.05, 0.1) is 12.1 Å². The molecule has 0 aliphatic carbocycles. The standard InChI is InChI=1S/C32H46N4O6/c1-22(2)17-18-33-29(38)23(3)34-28(37)20-27(35-30(39)41-21-25-15-11-8-12-16-25)26(19-24-13-9-7-10-14-24)36-31(40)42-32(4,5)6/h7-16,22-23,26-27H,17-21H2,1-6H3,(H,33,38)(H,34,37)(H,35,39)(H,36,40)/t23-,26-,27-/m0/s1. The lowest BCUT2D eigenvalue weighted by molar-refractivity contribution is -0.128. The largest absolute Gasteiger partial charge is 0.445 e. The van der Waals surface area contributed by atoms with Gasteiger partial charge in [-0.15, -0.1) is 0 Å². The molecule has 10 heteroatoms. The van der Waals surface area contributed by atoms with E-state index in [-0.39, 0.29) is 18.9 Å². The first-order valence-corrected chi connectivity index (χ1v) is 14.4. The molecule has 0 spiro atoms. The van der Waals surface area contributed by atoms with Gasteiger partial charge in [0.15, 0.2) is 0 Å². The van der Waals surface area contributed by atoms with Crippen molar-refractivity contribution in [2.45, 2.75) is 91.1 Å². The van der Waals surface area contributed by atoms with E-state index in [1.165, 1.54) is 0 Å². The van der Waals surface area contributed by atoms with Crippen molar-refractivity contribution in [3.63, 3.8) is 0 Å². The van der Waals surface area contributed by atoms with Gasteiger partial charge in [-0.3, -0.25) is 9.59 Å². The number of benzene rings is 2. The Hall–Kier alpha value is -4.08. The molecule has 0 heterocycles. The topological polar surface area (TPSA) is 135 Å². The minimum atomic E-state index is -0.891. The number of carbonyl (C=O) groups is 4. The van der Waals surface area contributed by atoms with Gasteiger partial charge in [-0.05, 0) is 57.6 Å². The van der Waals surface area contributed by atoms with Gasteiger partial charge in [-0.1, -0.05) is 74.5 Å². The maximum Gasteiger partial charge on any atom is 0.407 e. The Morgan fingerprint density at radius 3 is 1.90 bits per heavy atom. The van der Waals surface area contributed by atoms with Crippen molar-refractivity contribution in [1.82, 2.24) is 21.3 Å².